The summed E-state index contributed by atoms with van der Waals surface area (Å²) in [7, 11) is 0. The van der Waals surface area contributed by atoms with Gasteiger partial charge in [-0.2, -0.15) is 0 Å². The van der Waals surface area contributed by atoms with Crippen LogP contribution in [-0.4, -0.2) is 29.5 Å². The molecule has 0 radical (unpaired) electrons. The first-order chi connectivity index (χ1) is 26.2. The van der Waals surface area contributed by atoms with Gasteiger partial charge in [-0.15, -0.1) is 0 Å². The fraction of sp³-hybridized carbons (Fsp3) is 0. The molecule has 3 nitrogen and oxygen atoms in total. The Bertz CT molecular complexity index is 2880. The van der Waals surface area contributed by atoms with Crippen molar-refractivity contribution in [2.24, 2.45) is 0 Å². The Morgan fingerprint density at radius 2 is 0.925 bits per heavy atom. The SMILES string of the molecule is c1ccc(-c2cccc(-c3nc4ccc5cc(-c6ccc(-c7nc(-c8ccccc8)cc(-c8ccccc8)n7)c7ccccc67)ccc5c4[se]3)c2)cc1. The van der Waals surface area contributed by atoms with Crippen molar-refractivity contribution in [2.75, 3.05) is 0 Å². The van der Waals surface area contributed by atoms with Gasteiger partial charge in [-0.3, -0.25) is 0 Å². The molecule has 0 spiro atoms. The van der Waals surface area contributed by atoms with Crippen molar-refractivity contribution in [1.29, 1.82) is 0 Å². The summed E-state index contributed by atoms with van der Waals surface area (Å²) in [5.41, 5.74) is 12.1. The van der Waals surface area contributed by atoms with E-state index in [9.17, 15) is 0 Å². The minimum absolute atomic E-state index is 0.104. The fourth-order valence-electron chi connectivity index (χ4n) is 7.29. The third-order valence-corrected chi connectivity index (χ3v) is 12.3. The maximum absolute atomic E-state index is 5.15. The second-order valence-corrected chi connectivity index (χ2v) is 15.3. The van der Waals surface area contributed by atoms with Gasteiger partial charge in [-0.1, -0.05) is 60.7 Å². The summed E-state index contributed by atoms with van der Waals surface area (Å²) < 4.78 is 2.53. The van der Waals surface area contributed by atoms with E-state index in [0.717, 1.165) is 44.8 Å². The van der Waals surface area contributed by atoms with Crippen LogP contribution in [0.15, 0.2) is 188 Å². The van der Waals surface area contributed by atoms with E-state index in [2.05, 4.69) is 176 Å². The molecule has 8 aromatic carbocycles. The Morgan fingerprint density at radius 1 is 0.340 bits per heavy atom. The molecule has 10 aromatic rings. The molecule has 0 N–H and O–H groups in total. The number of hydrogen-bond donors (Lipinski definition) is 0. The Morgan fingerprint density at radius 3 is 1.62 bits per heavy atom. The summed E-state index contributed by atoms with van der Waals surface area (Å²) >= 11 is 0.104. The number of aromatic nitrogens is 3. The van der Waals surface area contributed by atoms with Gasteiger partial charge in [0, 0.05) is 11.1 Å². The van der Waals surface area contributed by atoms with Gasteiger partial charge in [0.15, 0.2) is 0 Å². The van der Waals surface area contributed by atoms with E-state index in [-0.39, 0.29) is 14.5 Å². The van der Waals surface area contributed by atoms with Gasteiger partial charge in [0.1, 0.15) is 0 Å². The Balaban J connectivity index is 1.06. The van der Waals surface area contributed by atoms with Gasteiger partial charge in [-0.05, 0) is 6.07 Å². The van der Waals surface area contributed by atoms with Crippen LogP contribution in [0.1, 0.15) is 0 Å². The molecular weight excluding hydrogens is 710 g/mol. The predicted molar refractivity (Wildman–Crippen MR) is 222 cm³/mol. The van der Waals surface area contributed by atoms with Crippen LogP contribution < -0.4 is 0 Å². The quantitative estimate of drug-likeness (QED) is 0.159. The van der Waals surface area contributed by atoms with Gasteiger partial charge in [0.05, 0.1) is 0 Å². The van der Waals surface area contributed by atoms with Crippen LogP contribution in [0, 0.1) is 0 Å². The molecule has 0 aliphatic heterocycles. The van der Waals surface area contributed by atoms with E-state index in [4.69, 9.17) is 15.0 Å². The van der Waals surface area contributed by atoms with Gasteiger partial charge in [0.25, 0.3) is 0 Å². The zero-order valence-electron chi connectivity index (χ0n) is 28.6. The number of benzene rings is 8. The fourth-order valence-corrected chi connectivity index (χ4v) is 9.59. The van der Waals surface area contributed by atoms with Crippen molar-refractivity contribution in [2.45, 2.75) is 0 Å². The zero-order valence-corrected chi connectivity index (χ0v) is 30.4. The van der Waals surface area contributed by atoms with Crippen LogP contribution in [0.2, 0.25) is 0 Å². The summed E-state index contributed by atoms with van der Waals surface area (Å²) in [6, 6.07) is 66.6. The molecular formula is C49H31N3Se. The van der Waals surface area contributed by atoms with E-state index >= 15 is 0 Å². The van der Waals surface area contributed by atoms with E-state index in [1.807, 2.05) is 12.1 Å². The average Bonchev–Trinajstić information content (AvgIpc) is 3.69. The monoisotopic (exact) mass is 741 g/mol. The van der Waals surface area contributed by atoms with Crippen molar-refractivity contribution in [3.05, 3.63) is 188 Å². The molecule has 2 aromatic heterocycles. The van der Waals surface area contributed by atoms with Crippen LogP contribution in [0.5, 0.6) is 0 Å². The molecule has 0 unspecified atom stereocenters. The van der Waals surface area contributed by atoms with Crippen LogP contribution in [0.25, 0.3) is 97.6 Å². The van der Waals surface area contributed by atoms with Crippen LogP contribution >= 0.6 is 0 Å². The van der Waals surface area contributed by atoms with Crippen LogP contribution in [-0.2, 0) is 0 Å². The zero-order chi connectivity index (χ0) is 35.1. The van der Waals surface area contributed by atoms with Crippen LogP contribution in [0.3, 0.4) is 0 Å². The Hall–Kier alpha value is -6.45. The predicted octanol–water partition coefficient (Wildman–Crippen LogP) is 12.4. The maximum atomic E-state index is 5.15. The van der Waals surface area contributed by atoms with E-state index in [0.29, 0.717) is 0 Å². The Kier molecular flexibility index (Phi) is 7.83. The summed E-state index contributed by atoms with van der Waals surface area (Å²) in [6.07, 6.45) is 0. The molecule has 0 amide bonds. The molecule has 10 rings (SSSR count). The van der Waals surface area contributed by atoms with Crippen molar-refractivity contribution >= 4 is 45.8 Å². The van der Waals surface area contributed by atoms with Gasteiger partial charge in [0.2, 0.25) is 0 Å². The summed E-state index contributed by atoms with van der Waals surface area (Å²) in [6.45, 7) is 0. The molecule has 0 bridgehead atoms. The average molecular weight is 741 g/mol. The second-order valence-electron chi connectivity index (χ2n) is 13.2. The molecule has 0 atom stereocenters. The number of hydrogen-bond acceptors (Lipinski definition) is 3. The summed E-state index contributed by atoms with van der Waals surface area (Å²) in [5, 5.41) is 4.82. The molecule has 0 fully saturated rings. The van der Waals surface area contributed by atoms with Gasteiger partial charge in [-0.25, -0.2) is 0 Å². The third-order valence-electron chi connectivity index (χ3n) is 9.93. The molecule has 0 aliphatic rings. The van der Waals surface area contributed by atoms with Gasteiger partial charge >= 0.3 is 237 Å². The molecule has 0 saturated heterocycles. The molecule has 0 saturated carbocycles. The second kappa shape index (κ2) is 13.3. The minimum atomic E-state index is 0.104. The van der Waals surface area contributed by atoms with E-state index < -0.39 is 0 Å². The van der Waals surface area contributed by atoms with Crippen molar-refractivity contribution in [3.8, 4) is 66.3 Å². The molecule has 0 aliphatic carbocycles. The Labute approximate surface area is 313 Å². The summed E-state index contributed by atoms with van der Waals surface area (Å²) in [4.78, 5) is 15.5. The molecule has 53 heavy (non-hydrogen) atoms. The van der Waals surface area contributed by atoms with Gasteiger partial charge < -0.3 is 0 Å². The molecule has 2 heterocycles. The van der Waals surface area contributed by atoms with E-state index in [1.54, 1.807) is 0 Å². The molecule has 248 valence electrons. The summed E-state index contributed by atoms with van der Waals surface area (Å²) in [5.74, 6) is 0.717. The first-order valence-electron chi connectivity index (χ1n) is 17.8. The van der Waals surface area contributed by atoms with Crippen LogP contribution in [0.4, 0.5) is 0 Å². The van der Waals surface area contributed by atoms with Crippen molar-refractivity contribution < 1.29 is 0 Å². The number of rotatable bonds is 6. The number of nitrogens with zero attached hydrogens (tertiary/aromatic N) is 3. The third kappa shape index (κ3) is 5.85. The van der Waals surface area contributed by atoms with Crippen molar-refractivity contribution in [3.63, 3.8) is 0 Å². The topological polar surface area (TPSA) is 38.7 Å². The first kappa shape index (κ1) is 31.3. The first-order valence-corrected chi connectivity index (χ1v) is 19.5. The molecule has 4 heteroatoms. The van der Waals surface area contributed by atoms with E-state index in [1.165, 1.54) is 52.8 Å². The standard InChI is InChI=1S/C49H31N3Se/c1-4-13-32(14-5-1)35-19-12-20-38(29-35)49-52-44-28-24-37-30-36(23-25-40(37)47(44)53-49)39-26-27-43(42-22-11-10-21-41(39)42)48-50-45(33-15-6-2-7-16-33)31-46(51-48)34-17-8-3-9-18-34/h1-31H. The normalized spacial score (nSPS) is 11.4. The van der Waals surface area contributed by atoms with Crippen molar-refractivity contribution in [1.82, 2.24) is 15.0 Å². The number of fused-ring (bicyclic) bond motifs is 4.